The van der Waals surface area contributed by atoms with Crippen LogP contribution in [0.5, 0.6) is 17.2 Å². The Labute approximate surface area is 144 Å². The molecule has 0 aliphatic carbocycles. The lowest BCUT2D eigenvalue weighted by molar-refractivity contribution is -0.384. The number of hydrogen-bond acceptors (Lipinski definition) is 7. The van der Waals surface area contributed by atoms with Crippen molar-refractivity contribution in [3.63, 3.8) is 0 Å². The van der Waals surface area contributed by atoms with E-state index in [1.54, 1.807) is 31.4 Å². The maximum atomic E-state index is 12.1. The van der Waals surface area contributed by atoms with E-state index in [1.807, 2.05) is 0 Å². The Hall–Kier alpha value is -3.29. The Morgan fingerprint density at radius 2 is 1.68 bits per heavy atom. The fourth-order valence-corrected chi connectivity index (χ4v) is 2.01. The molecular formula is C17H17NO7. The van der Waals surface area contributed by atoms with Gasteiger partial charge in [-0.15, -0.1) is 0 Å². The molecule has 0 aliphatic heterocycles. The molecule has 0 fully saturated rings. The molecule has 8 heteroatoms. The fourth-order valence-electron chi connectivity index (χ4n) is 2.01. The molecule has 25 heavy (non-hydrogen) atoms. The zero-order valence-corrected chi connectivity index (χ0v) is 13.8. The normalized spacial score (nSPS) is 10.0. The van der Waals surface area contributed by atoms with Crippen molar-refractivity contribution in [3.8, 4) is 17.2 Å². The van der Waals surface area contributed by atoms with Gasteiger partial charge in [0.2, 0.25) is 0 Å². The highest BCUT2D eigenvalue weighted by Crippen LogP contribution is 2.24. The van der Waals surface area contributed by atoms with Crippen LogP contribution in [0.3, 0.4) is 0 Å². The number of hydrogen-bond donors (Lipinski definition) is 0. The average molecular weight is 347 g/mol. The minimum atomic E-state index is -0.723. The Kier molecular flexibility index (Phi) is 6.16. The molecule has 0 aromatic heterocycles. The number of carbonyl (C=O) groups is 1. The van der Waals surface area contributed by atoms with Crippen LogP contribution in [-0.4, -0.2) is 38.3 Å². The molecule has 0 spiro atoms. The summed E-state index contributed by atoms with van der Waals surface area (Å²) in [6.45, 7) is 0.117. The predicted molar refractivity (Wildman–Crippen MR) is 88.4 cm³/mol. The zero-order chi connectivity index (χ0) is 18.2. The molecule has 0 N–H and O–H groups in total. The van der Waals surface area contributed by atoms with E-state index in [1.165, 1.54) is 19.2 Å². The number of non-ortho nitro benzene ring substituents is 1. The van der Waals surface area contributed by atoms with Gasteiger partial charge in [0.1, 0.15) is 36.0 Å². The average Bonchev–Trinajstić information content (AvgIpc) is 2.64. The van der Waals surface area contributed by atoms with Gasteiger partial charge in [0.05, 0.1) is 19.1 Å². The van der Waals surface area contributed by atoms with Gasteiger partial charge in [0.25, 0.3) is 5.69 Å². The molecule has 132 valence electrons. The fraction of sp³-hybridized carbons (Fsp3) is 0.235. The maximum absolute atomic E-state index is 12.1. The Morgan fingerprint density at radius 1 is 1.00 bits per heavy atom. The van der Waals surface area contributed by atoms with Gasteiger partial charge < -0.3 is 18.9 Å². The van der Waals surface area contributed by atoms with Crippen molar-refractivity contribution in [2.75, 3.05) is 27.4 Å². The summed E-state index contributed by atoms with van der Waals surface area (Å²) in [5.41, 5.74) is -0.233. The van der Waals surface area contributed by atoms with Crippen molar-refractivity contribution in [1.29, 1.82) is 0 Å². The number of carbonyl (C=O) groups excluding carboxylic acids is 1. The first-order valence-electron chi connectivity index (χ1n) is 7.31. The summed E-state index contributed by atoms with van der Waals surface area (Å²) >= 11 is 0. The van der Waals surface area contributed by atoms with Crippen molar-refractivity contribution in [1.82, 2.24) is 0 Å². The lowest BCUT2D eigenvalue weighted by Crippen LogP contribution is -2.13. The van der Waals surface area contributed by atoms with Crippen molar-refractivity contribution >= 4 is 11.7 Å². The molecule has 0 aliphatic rings. The Morgan fingerprint density at radius 3 is 2.28 bits per heavy atom. The zero-order valence-electron chi connectivity index (χ0n) is 13.8. The highest BCUT2D eigenvalue weighted by Gasteiger charge is 2.18. The van der Waals surface area contributed by atoms with E-state index >= 15 is 0 Å². The van der Waals surface area contributed by atoms with Gasteiger partial charge in [0.15, 0.2) is 0 Å². The summed E-state index contributed by atoms with van der Waals surface area (Å²) < 4.78 is 20.6. The monoisotopic (exact) mass is 347 g/mol. The molecule has 0 saturated heterocycles. The van der Waals surface area contributed by atoms with Crippen molar-refractivity contribution in [2.24, 2.45) is 0 Å². The van der Waals surface area contributed by atoms with Crippen molar-refractivity contribution in [3.05, 3.63) is 58.1 Å². The van der Waals surface area contributed by atoms with Crippen LogP contribution in [-0.2, 0) is 4.74 Å². The molecule has 0 bridgehead atoms. The SMILES string of the molecule is COc1ccc(OCCOC(=O)c2cc([N+](=O)[O-])ccc2OC)cc1. The lowest BCUT2D eigenvalue weighted by atomic mass is 10.2. The summed E-state index contributed by atoms with van der Waals surface area (Å²) in [6, 6.07) is 10.7. The Balaban J connectivity index is 1.91. The van der Waals surface area contributed by atoms with Gasteiger partial charge >= 0.3 is 5.97 Å². The summed E-state index contributed by atoms with van der Waals surface area (Å²) in [6.07, 6.45) is 0. The highest BCUT2D eigenvalue weighted by molar-refractivity contribution is 5.93. The van der Waals surface area contributed by atoms with Crippen LogP contribution in [0.15, 0.2) is 42.5 Å². The van der Waals surface area contributed by atoms with Crippen LogP contribution in [0.25, 0.3) is 0 Å². The highest BCUT2D eigenvalue weighted by atomic mass is 16.6. The number of esters is 1. The van der Waals surface area contributed by atoms with Crippen LogP contribution >= 0.6 is 0 Å². The molecule has 2 rings (SSSR count). The van der Waals surface area contributed by atoms with E-state index in [0.717, 1.165) is 6.07 Å². The molecule has 0 saturated carbocycles. The minimum absolute atomic E-state index is 0.0128. The molecule has 0 amide bonds. The smallest absolute Gasteiger partial charge is 0.342 e. The van der Waals surface area contributed by atoms with Crippen LogP contribution in [0, 0.1) is 10.1 Å². The quantitative estimate of drug-likeness (QED) is 0.313. The minimum Gasteiger partial charge on any atom is -0.497 e. The summed E-state index contributed by atoms with van der Waals surface area (Å²) in [5.74, 6) is 0.784. The molecule has 2 aromatic rings. The predicted octanol–water partition coefficient (Wildman–Crippen LogP) is 2.85. The van der Waals surface area contributed by atoms with Gasteiger partial charge in [-0.05, 0) is 30.3 Å². The number of nitro benzene ring substituents is 1. The first-order chi connectivity index (χ1) is 12.0. The second-order valence-corrected chi connectivity index (χ2v) is 4.80. The second-order valence-electron chi connectivity index (χ2n) is 4.80. The lowest BCUT2D eigenvalue weighted by Gasteiger charge is -2.10. The second kappa shape index (κ2) is 8.53. The largest absolute Gasteiger partial charge is 0.497 e. The van der Waals surface area contributed by atoms with Crippen LogP contribution in [0.2, 0.25) is 0 Å². The summed E-state index contributed by atoms with van der Waals surface area (Å²) in [4.78, 5) is 22.3. The maximum Gasteiger partial charge on any atom is 0.342 e. The number of methoxy groups -OCH3 is 2. The van der Waals surface area contributed by atoms with E-state index in [9.17, 15) is 14.9 Å². The van der Waals surface area contributed by atoms with Crippen LogP contribution < -0.4 is 14.2 Å². The van der Waals surface area contributed by atoms with E-state index in [4.69, 9.17) is 18.9 Å². The van der Waals surface area contributed by atoms with Crippen molar-refractivity contribution in [2.45, 2.75) is 0 Å². The third-order valence-corrected chi connectivity index (χ3v) is 3.26. The number of ether oxygens (including phenoxy) is 4. The van der Waals surface area contributed by atoms with Crippen molar-refractivity contribution < 1.29 is 28.7 Å². The number of rotatable bonds is 8. The third-order valence-electron chi connectivity index (χ3n) is 3.26. The molecule has 0 heterocycles. The molecule has 8 nitrogen and oxygen atoms in total. The number of benzene rings is 2. The van der Waals surface area contributed by atoms with E-state index in [2.05, 4.69) is 0 Å². The van der Waals surface area contributed by atoms with Gasteiger partial charge in [-0.25, -0.2) is 4.79 Å². The standard InChI is InChI=1S/C17H17NO7/c1-22-13-4-6-14(7-5-13)24-9-10-25-17(19)15-11-12(18(20)21)3-8-16(15)23-2/h3-8,11H,9-10H2,1-2H3. The van der Waals surface area contributed by atoms with Crippen LogP contribution in [0.1, 0.15) is 10.4 Å². The number of nitro groups is 1. The summed E-state index contributed by atoms with van der Waals surface area (Å²) in [5, 5.41) is 10.8. The van der Waals surface area contributed by atoms with Gasteiger partial charge in [-0.1, -0.05) is 0 Å². The molecule has 0 atom stereocenters. The number of nitrogens with zero attached hydrogens (tertiary/aromatic N) is 1. The van der Waals surface area contributed by atoms with Crippen LogP contribution in [0.4, 0.5) is 5.69 Å². The topological polar surface area (TPSA) is 97.1 Å². The molecule has 0 radical (unpaired) electrons. The van der Waals surface area contributed by atoms with Gasteiger partial charge in [-0.3, -0.25) is 10.1 Å². The van der Waals surface area contributed by atoms with Gasteiger partial charge in [0, 0.05) is 12.1 Å². The van der Waals surface area contributed by atoms with Gasteiger partial charge in [-0.2, -0.15) is 0 Å². The van der Waals surface area contributed by atoms with E-state index in [0.29, 0.717) is 11.5 Å². The molecule has 0 unspecified atom stereocenters. The van der Waals surface area contributed by atoms with E-state index < -0.39 is 10.9 Å². The summed E-state index contributed by atoms with van der Waals surface area (Å²) in [7, 11) is 2.93. The molecule has 2 aromatic carbocycles. The molecular weight excluding hydrogens is 330 g/mol. The Bertz CT molecular complexity index is 743. The first kappa shape index (κ1) is 18.1. The third kappa shape index (κ3) is 4.84. The first-order valence-corrected chi connectivity index (χ1v) is 7.31. The van der Waals surface area contributed by atoms with E-state index in [-0.39, 0.29) is 30.2 Å².